The molecule has 4 rings (SSSR count). The van der Waals surface area contributed by atoms with Gasteiger partial charge in [-0.3, -0.25) is 19.6 Å². The summed E-state index contributed by atoms with van der Waals surface area (Å²) in [6.45, 7) is 0.792. The van der Waals surface area contributed by atoms with E-state index in [2.05, 4.69) is 10.4 Å². The fourth-order valence-corrected chi connectivity index (χ4v) is 3.39. The van der Waals surface area contributed by atoms with Crippen molar-refractivity contribution in [3.8, 4) is 5.75 Å². The lowest BCUT2D eigenvalue weighted by molar-refractivity contribution is -0.134. The van der Waals surface area contributed by atoms with Crippen LogP contribution in [0.1, 0.15) is 36.4 Å². The maximum atomic E-state index is 12.1. The molecule has 1 unspecified atom stereocenters. The lowest BCUT2D eigenvalue weighted by atomic mass is 9.91. The Morgan fingerprint density at radius 2 is 2.14 bits per heavy atom. The van der Waals surface area contributed by atoms with Crippen molar-refractivity contribution in [2.45, 2.75) is 38.1 Å². The number of aromatic nitrogens is 2. The van der Waals surface area contributed by atoms with Crippen LogP contribution in [0.2, 0.25) is 0 Å². The first-order chi connectivity index (χ1) is 10.1. The normalized spacial score (nSPS) is 21.6. The summed E-state index contributed by atoms with van der Waals surface area (Å²) in [5.74, 6) is -0.588. The second-order valence-electron chi connectivity index (χ2n) is 5.68. The highest BCUT2D eigenvalue weighted by Crippen LogP contribution is 2.37. The summed E-state index contributed by atoms with van der Waals surface area (Å²) in [4.78, 5) is 23.4. The number of amides is 2. The third-order valence-corrected chi connectivity index (χ3v) is 4.39. The number of aromatic hydroxyl groups is 1. The SMILES string of the molecule is O=C1CCC(c2nn3c4c(c(O)ccc24)CCC3)C(=O)N1. The zero-order valence-electron chi connectivity index (χ0n) is 11.4. The number of benzene rings is 1. The molecule has 2 aliphatic rings. The van der Waals surface area contributed by atoms with E-state index in [0.29, 0.717) is 12.8 Å². The number of carbonyl (C=O) groups excluding carboxylic acids is 2. The van der Waals surface area contributed by atoms with Crippen LogP contribution in [0.25, 0.3) is 10.9 Å². The minimum absolute atomic E-state index is 0.220. The topological polar surface area (TPSA) is 84.2 Å². The third-order valence-electron chi connectivity index (χ3n) is 4.39. The fraction of sp³-hybridized carbons (Fsp3) is 0.400. The molecule has 1 aromatic heterocycles. The Hall–Kier alpha value is -2.37. The van der Waals surface area contributed by atoms with Gasteiger partial charge in [-0.25, -0.2) is 0 Å². The van der Waals surface area contributed by atoms with Crippen molar-refractivity contribution in [1.29, 1.82) is 0 Å². The smallest absolute Gasteiger partial charge is 0.235 e. The van der Waals surface area contributed by atoms with E-state index in [0.717, 1.165) is 41.5 Å². The monoisotopic (exact) mass is 285 g/mol. The Balaban J connectivity index is 1.89. The quantitative estimate of drug-likeness (QED) is 0.771. The van der Waals surface area contributed by atoms with Crippen molar-refractivity contribution >= 4 is 22.7 Å². The van der Waals surface area contributed by atoms with E-state index in [4.69, 9.17) is 0 Å². The number of phenols is 1. The molecular formula is C15H15N3O3. The number of nitrogens with one attached hydrogen (secondary N) is 1. The number of rotatable bonds is 1. The van der Waals surface area contributed by atoms with E-state index in [1.165, 1.54) is 0 Å². The molecule has 2 aromatic rings. The van der Waals surface area contributed by atoms with Gasteiger partial charge in [-0.15, -0.1) is 0 Å². The average molecular weight is 285 g/mol. The molecule has 1 fully saturated rings. The standard InChI is InChI=1S/C15H15N3O3/c19-11-5-3-9-13(10-4-6-12(20)16-15(10)21)17-18-7-1-2-8(11)14(9)18/h3,5,10,19H,1-2,4,6-7H2,(H,16,20,21). The zero-order valence-corrected chi connectivity index (χ0v) is 11.4. The Morgan fingerprint density at radius 3 is 2.95 bits per heavy atom. The van der Waals surface area contributed by atoms with Crippen molar-refractivity contribution in [3.05, 3.63) is 23.4 Å². The summed E-state index contributed by atoms with van der Waals surface area (Å²) in [6.07, 6.45) is 2.59. The van der Waals surface area contributed by atoms with E-state index in [1.54, 1.807) is 6.07 Å². The molecule has 2 aliphatic heterocycles. The van der Waals surface area contributed by atoms with Crippen molar-refractivity contribution in [1.82, 2.24) is 15.1 Å². The van der Waals surface area contributed by atoms with Crippen LogP contribution >= 0.6 is 0 Å². The molecule has 1 atom stereocenters. The summed E-state index contributed by atoms with van der Waals surface area (Å²) >= 11 is 0. The molecule has 6 nitrogen and oxygen atoms in total. The average Bonchev–Trinajstić information content (AvgIpc) is 2.83. The number of hydrogen-bond acceptors (Lipinski definition) is 4. The highest BCUT2D eigenvalue weighted by molar-refractivity contribution is 6.02. The molecule has 21 heavy (non-hydrogen) atoms. The van der Waals surface area contributed by atoms with Crippen LogP contribution in [0.3, 0.4) is 0 Å². The molecule has 0 radical (unpaired) electrons. The molecule has 6 heteroatoms. The minimum Gasteiger partial charge on any atom is -0.508 e. The molecule has 1 saturated heterocycles. The van der Waals surface area contributed by atoms with Gasteiger partial charge in [0.2, 0.25) is 11.8 Å². The van der Waals surface area contributed by atoms with Gasteiger partial charge in [0.25, 0.3) is 0 Å². The van der Waals surface area contributed by atoms with Gasteiger partial charge in [0, 0.05) is 23.9 Å². The predicted octanol–water partition coefficient (Wildman–Crippen LogP) is 1.21. The lowest BCUT2D eigenvalue weighted by Gasteiger charge is -2.19. The van der Waals surface area contributed by atoms with Gasteiger partial charge in [-0.05, 0) is 31.4 Å². The first kappa shape index (κ1) is 12.4. The predicted molar refractivity (Wildman–Crippen MR) is 74.8 cm³/mol. The molecule has 0 bridgehead atoms. The van der Waals surface area contributed by atoms with Crippen molar-refractivity contribution in [2.75, 3.05) is 0 Å². The second kappa shape index (κ2) is 4.31. The maximum Gasteiger partial charge on any atom is 0.235 e. The van der Waals surface area contributed by atoms with Gasteiger partial charge in [0.05, 0.1) is 17.1 Å². The van der Waals surface area contributed by atoms with Gasteiger partial charge >= 0.3 is 0 Å². The molecule has 108 valence electrons. The van der Waals surface area contributed by atoms with Crippen LogP contribution in [0.4, 0.5) is 0 Å². The van der Waals surface area contributed by atoms with E-state index in [-0.39, 0.29) is 23.5 Å². The largest absolute Gasteiger partial charge is 0.508 e. The van der Waals surface area contributed by atoms with Crippen LogP contribution in [0.15, 0.2) is 12.1 Å². The number of aryl methyl sites for hydroxylation is 2. The maximum absolute atomic E-state index is 12.1. The lowest BCUT2D eigenvalue weighted by Crippen LogP contribution is -2.39. The summed E-state index contributed by atoms with van der Waals surface area (Å²) in [6, 6.07) is 3.49. The molecule has 1 aromatic carbocycles. The van der Waals surface area contributed by atoms with E-state index in [1.807, 2.05) is 10.7 Å². The second-order valence-corrected chi connectivity index (χ2v) is 5.68. The van der Waals surface area contributed by atoms with Gasteiger partial charge in [0.15, 0.2) is 0 Å². The molecule has 0 spiro atoms. The summed E-state index contributed by atoms with van der Waals surface area (Å²) in [5, 5.41) is 17.9. The first-order valence-electron chi connectivity index (χ1n) is 7.20. The molecule has 2 amide bonds. The number of imide groups is 1. The Morgan fingerprint density at radius 1 is 1.29 bits per heavy atom. The zero-order chi connectivity index (χ0) is 14.6. The van der Waals surface area contributed by atoms with Crippen LogP contribution in [-0.4, -0.2) is 26.7 Å². The summed E-state index contributed by atoms with van der Waals surface area (Å²) in [5.41, 5.74) is 2.56. The van der Waals surface area contributed by atoms with Crippen molar-refractivity contribution in [2.24, 2.45) is 0 Å². The Labute approximate surface area is 120 Å². The first-order valence-corrected chi connectivity index (χ1v) is 7.20. The summed E-state index contributed by atoms with van der Waals surface area (Å²) in [7, 11) is 0. The molecule has 0 saturated carbocycles. The molecule has 2 N–H and O–H groups in total. The van der Waals surface area contributed by atoms with E-state index in [9.17, 15) is 14.7 Å². The number of hydrogen-bond donors (Lipinski definition) is 2. The van der Waals surface area contributed by atoms with Crippen LogP contribution in [0.5, 0.6) is 5.75 Å². The molecular weight excluding hydrogens is 270 g/mol. The Bertz CT molecular complexity index is 778. The van der Waals surface area contributed by atoms with Crippen molar-refractivity contribution in [3.63, 3.8) is 0 Å². The highest BCUT2D eigenvalue weighted by Gasteiger charge is 2.33. The molecule has 0 aliphatic carbocycles. The van der Waals surface area contributed by atoms with Crippen LogP contribution < -0.4 is 5.32 Å². The van der Waals surface area contributed by atoms with Crippen LogP contribution in [0, 0.1) is 0 Å². The third kappa shape index (κ3) is 1.75. The minimum atomic E-state index is -0.387. The van der Waals surface area contributed by atoms with E-state index >= 15 is 0 Å². The highest BCUT2D eigenvalue weighted by atomic mass is 16.3. The number of piperidine rings is 1. The molecule has 3 heterocycles. The number of phenolic OH excluding ortho intramolecular Hbond substituents is 1. The van der Waals surface area contributed by atoms with Crippen LogP contribution in [-0.2, 0) is 22.6 Å². The number of carbonyl (C=O) groups is 2. The van der Waals surface area contributed by atoms with Crippen molar-refractivity contribution < 1.29 is 14.7 Å². The number of nitrogens with zero attached hydrogens (tertiary/aromatic N) is 2. The summed E-state index contributed by atoms with van der Waals surface area (Å²) < 4.78 is 1.88. The van der Waals surface area contributed by atoms with Gasteiger partial charge in [0.1, 0.15) is 5.75 Å². The fourth-order valence-electron chi connectivity index (χ4n) is 3.39. The van der Waals surface area contributed by atoms with Gasteiger partial charge in [-0.2, -0.15) is 5.10 Å². The van der Waals surface area contributed by atoms with Gasteiger partial charge < -0.3 is 5.11 Å². The Kier molecular flexibility index (Phi) is 2.54. The van der Waals surface area contributed by atoms with E-state index < -0.39 is 0 Å². The van der Waals surface area contributed by atoms with Gasteiger partial charge in [-0.1, -0.05) is 0 Å².